The largest absolute Gasteiger partial charge is 0.378 e. The molecule has 1 aliphatic carbocycles. The van der Waals surface area contributed by atoms with Crippen molar-refractivity contribution >= 4 is 29.5 Å². The Morgan fingerprint density at radius 3 is 2.45 bits per heavy atom. The molecule has 2 rings (SSSR count). The van der Waals surface area contributed by atoms with E-state index in [9.17, 15) is 14.4 Å². The normalized spacial score (nSPS) is 14.6. The standard InChI is InChI=1S/C25H39N3O4S/c1-20(21-9-3-2-4-10-21)28-24(30)14-16-27-25(31)19-33-18-7-13-23(29)26-15-8-17-32-22-11-5-6-12-22/h2-4,9-10,20,22H,5-8,11-19H2,1H3,(H,26,29)(H,27,31)(H,28,30). The van der Waals surface area contributed by atoms with Crippen molar-refractivity contribution in [3.63, 3.8) is 0 Å². The van der Waals surface area contributed by atoms with E-state index < -0.39 is 0 Å². The van der Waals surface area contributed by atoms with Gasteiger partial charge in [-0.1, -0.05) is 43.2 Å². The van der Waals surface area contributed by atoms with Crippen LogP contribution in [0.15, 0.2) is 30.3 Å². The maximum Gasteiger partial charge on any atom is 0.230 e. The first kappa shape index (κ1) is 27.2. The van der Waals surface area contributed by atoms with Crippen LogP contribution in [0.1, 0.15) is 69.9 Å². The smallest absolute Gasteiger partial charge is 0.230 e. The van der Waals surface area contributed by atoms with E-state index in [-0.39, 0.29) is 30.2 Å². The third-order valence-electron chi connectivity index (χ3n) is 5.58. The minimum atomic E-state index is -0.0876. The fourth-order valence-electron chi connectivity index (χ4n) is 3.70. The summed E-state index contributed by atoms with van der Waals surface area (Å²) in [6.45, 7) is 3.62. The fraction of sp³-hybridized carbons (Fsp3) is 0.640. The molecular formula is C25H39N3O4S. The summed E-state index contributed by atoms with van der Waals surface area (Å²) < 4.78 is 5.78. The monoisotopic (exact) mass is 477 g/mol. The maximum atomic E-state index is 12.0. The highest BCUT2D eigenvalue weighted by Gasteiger charge is 2.14. The molecule has 0 aromatic heterocycles. The van der Waals surface area contributed by atoms with E-state index in [1.807, 2.05) is 37.3 Å². The van der Waals surface area contributed by atoms with Crippen LogP contribution in [0, 0.1) is 0 Å². The van der Waals surface area contributed by atoms with Gasteiger partial charge in [-0.25, -0.2) is 0 Å². The molecule has 1 saturated carbocycles. The minimum absolute atomic E-state index is 0.0525. The Morgan fingerprint density at radius 2 is 1.70 bits per heavy atom. The number of amides is 3. The van der Waals surface area contributed by atoms with E-state index in [1.54, 1.807) is 0 Å². The summed E-state index contributed by atoms with van der Waals surface area (Å²) in [5.74, 6) is 0.964. The lowest BCUT2D eigenvalue weighted by Gasteiger charge is -2.14. The van der Waals surface area contributed by atoms with Gasteiger partial charge in [0.2, 0.25) is 17.7 Å². The molecule has 1 aliphatic rings. The van der Waals surface area contributed by atoms with Gasteiger partial charge >= 0.3 is 0 Å². The summed E-state index contributed by atoms with van der Waals surface area (Å²) in [5.41, 5.74) is 1.05. The van der Waals surface area contributed by atoms with Gasteiger partial charge in [-0.3, -0.25) is 14.4 Å². The van der Waals surface area contributed by atoms with Gasteiger partial charge in [0.1, 0.15) is 0 Å². The van der Waals surface area contributed by atoms with Gasteiger partial charge in [-0.2, -0.15) is 11.8 Å². The molecule has 1 atom stereocenters. The van der Waals surface area contributed by atoms with Gasteiger partial charge in [0.15, 0.2) is 0 Å². The van der Waals surface area contributed by atoms with Crippen molar-refractivity contribution in [2.75, 3.05) is 31.2 Å². The van der Waals surface area contributed by atoms with Crippen molar-refractivity contribution in [3.8, 4) is 0 Å². The third kappa shape index (κ3) is 12.7. The third-order valence-corrected chi connectivity index (χ3v) is 6.62. The molecule has 1 aromatic carbocycles. The SMILES string of the molecule is CC(NC(=O)CCNC(=O)CSCCCC(=O)NCCCOC1CCCC1)c1ccccc1. The average Bonchev–Trinajstić information content (AvgIpc) is 3.32. The Kier molecular flexibility index (Phi) is 13.6. The second-order valence-corrected chi connectivity index (χ2v) is 9.54. The molecule has 3 amide bonds. The first-order valence-electron chi connectivity index (χ1n) is 12.1. The molecule has 0 heterocycles. The number of thioether (sulfide) groups is 1. The van der Waals surface area contributed by atoms with Gasteiger partial charge in [-0.15, -0.1) is 0 Å². The van der Waals surface area contributed by atoms with Crippen LogP contribution in [-0.2, 0) is 19.1 Å². The summed E-state index contributed by atoms with van der Waals surface area (Å²) in [6, 6.07) is 9.70. The summed E-state index contributed by atoms with van der Waals surface area (Å²) in [5, 5.41) is 8.63. The predicted molar refractivity (Wildman–Crippen MR) is 133 cm³/mol. The van der Waals surface area contributed by atoms with E-state index >= 15 is 0 Å². The van der Waals surface area contributed by atoms with Crippen molar-refractivity contribution in [1.82, 2.24) is 16.0 Å². The zero-order valence-corrected chi connectivity index (χ0v) is 20.6. The number of ether oxygens (including phenoxy) is 1. The lowest BCUT2D eigenvalue weighted by atomic mass is 10.1. The van der Waals surface area contributed by atoms with E-state index in [0.717, 1.165) is 24.2 Å². The first-order chi connectivity index (χ1) is 16.0. The highest BCUT2D eigenvalue weighted by Crippen LogP contribution is 2.20. The van der Waals surface area contributed by atoms with Gasteiger partial charge < -0.3 is 20.7 Å². The molecule has 7 nitrogen and oxygen atoms in total. The molecule has 1 unspecified atom stereocenters. The summed E-state index contributed by atoms with van der Waals surface area (Å²) in [6.07, 6.45) is 7.62. The van der Waals surface area contributed by atoms with Crippen molar-refractivity contribution in [2.45, 2.75) is 70.4 Å². The van der Waals surface area contributed by atoms with Gasteiger partial charge in [0.05, 0.1) is 17.9 Å². The lowest BCUT2D eigenvalue weighted by Crippen LogP contribution is -2.32. The molecular weight excluding hydrogens is 438 g/mol. The Labute approximate surface area is 202 Å². The molecule has 184 valence electrons. The van der Waals surface area contributed by atoms with Crippen LogP contribution in [0.5, 0.6) is 0 Å². The number of nitrogens with one attached hydrogen (secondary N) is 3. The van der Waals surface area contributed by atoms with Gasteiger partial charge in [-0.05, 0) is 43.9 Å². The second kappa shape index (κ2) is 16.5. The zero-order valence-electron chi connectivity index (χ0n) is 19.8. The van der Waals surface area contributed by atoms with E-state index in [4.69, 9.17) is 4.74 Å². The quantitative estimate of drug-likeness (QED) is 0.317. The van der Waals surface area contributed by atoms with Crippen LogP contribution >= 0.6 is 11.8 Å². The van der Waals surface area contributed by atoms with Crippen LogP contribution in [0.4, 0.5) is 0 Å². The topological polar surface area (TPSA) is 96.5 Å². The highest BCUT2D eigenvalue weighted by atomic mass is 32.2. The van der Waals surface area contributed by atoms with Crippen molar-refractivity contribution < 1.29 is 19.1 Å². The van der Waals surface area contributed by atoms with E-state index in [1.165, 1.54) is 37.4 Å². The molecule has 1 fully saturated rings. The number of hydrogen-bond donors (Lipinski definition) is 3. The highest BCUT2D eigenvalue weighted by molar-refractivity contribution is 7.99. The van der Waals surface area contributed by atoms with E-state index in [0.29, 0.717) is 38.0 Å². The van der Waals surface area contributed by atoms with Crippen LogP contribution in [-0.4, -0.2) is 55.0 Å². The van der Waals surface area contributed by atoms with Gasteiger partial charge in [0, 0.05) is 32.5 Å². The summed E-state index contributed by atoms with van der Waals surface area (Å²) >= 11 is 1.50. The molecule has 1 aromatic rings. The number of benzene rings is 1. The lowest BCUT2D eigenvalue weighted by molar-refractivity contribution is -0.122. The molecule has 0 saturated heterocycles. The van der Waals surface area contributed by atoms with Crippen LogP contribution in [0.2, 0.25) is 0 Å². The summed E-state index contributed by atoms with van der Waals surface area (Å²) in [7, 11) is 0. The Morgan fingerprint density at radius 1 is 0.970 bits per heavy atom. The summed E-state index contributed by atoms with van der Waals surface area (Å²) in [4.78, 5) is 35.8. The molecule has 0 aliphatic heterocycles. The van der Waals surface area contributed by atoms with Crippen molar-refractivity contribution in [2.24, 2.45) is 0 Å². The molecule has 33 heavy (non-hydrogen) atoms. The Balaban J connectivity index is 1.39. The number of hydrogen-bond acceptors (Lipinski definition) is 5. The van der Waals surface area contributed by atoms with Crippen LogP contribution in [0.3, 0.4) is 0 Å². The van der Waals surface area contributed by atoms with Crippen LogP contribution in [0.25, 0.3) is 0 Å². The molecule has 8 heteroatoms. The first-order valence-corrected chi connectivity index (χ1v) is 13.3. The maximum absolute atomic E-state index is 12.0. The van der Waals surface area contributed by atoms with Crippen molar-refractivity contribution in [3.05, 3.63) is 35.9 Å². The van der Waals surface area contributed by atoms with E-state index in [2.05, 4.69) is 16.0 Å². The minimum Gasteiger partial charge on any atom is -0.378 e. The molecule has 0 bridgehead atoms. The Bertz CT molecular complexity index is 711. The second-order valence-electron chi connectivity index (χ2n) is 8.44. The number of carbonyl (C=O) groups is 3. The molecule has 0 spiro atoms. The number of carbonyl (C=O) groups excluding carboxylic acids is 3. The number of rotatable bonds is 16. The fourth-order valence-corrected chi connectivity index (χ4v) is 4.48. The van der Waals surface area contributed by atoms with Gasteiger partial charge in [0.25, 0.3) is 0 Å². The predicted octanol–water partition coefficient (Wildman–Crippen LogP) is 3.35. The zero-order chi connectivity index (χ0) is 23.7. The van der Waals surface area contributed by atoms with Crippen LogP contribution < -0.4 is 16.0 Å². The molecule has 0 radical (unpaired) electrons. The molecule has 3 N–H and O–H groups in total. The van der Waals surface area contributed by atoms with Crippen molar-refractivity contribution in [1.29, 1.82) is 0 Å². The Hall–Kier alpha value is -2.06. The average molecular weight is 478 g/mol.